The van der Waals surface area contributed by atoms with E-state index in [1.54, 1.807) is 20.3 Å². The molecule has 0 amide bonds. The summed E-state index contributed by atoms with van der Waals surface area (Å²) in [6.45, 7) is 17.7. The van der Waals surface area contributed by atoms with E-state index in [2.05, 4.69) is 51.8 Å². The highest BCUT2D eigenvalue weighted by Crippen LogP contribution is 2.55. The number of ether oxygens (including phenoxy) is 3. The van der Waals surface area contributed by atoms with Crippen LogP contribution in [0.1, 0.15) is 70.4 Å². The Kier molecular flexibility index (Phi) is 8.27. The van der Waals surface area contributed by atoms with E-state index in [-0.39, 0.29) is 22.4 Å². The van der Waals surface area contributed by atoms with Gasteiger partial charge in [-0.15, -0.1) is 6.58 Å². The molecule has 0 fully saturated rings. The molecule has 0 bridgehead atoms. The second-order valence-electron chi connectivity index (χ2n) is 12.5. The first kappa shape index (κ1) is 28.9. The molecule has 0 atom stereocenters. The lowest BCUT2D eigenvalue weighted by atomic mass is 9.63. The first-order chi connectivity index (χ1) is 18.5. The smallest absolute Gasteiger partial charge is 0.165 e. The molecule has 0 saturated heterocycles. The van der Waals surface area contributed by atoms with Gasteiger partial charge in [0.05, 0.1) is 13.7 Å². The number of carbonyl (C=O) groups excluding carboxylic acids is 2. The lowest BCUT2D eigenvalue weighted by Crippen LogP contribution is -2.45. The molecule has 3 aliphatic rings. The minimum absolute atomic E-state index is 0.106. The maximum Gasteiger partial charge on any atom is 0.165 e. The molecule has 39 heavy (non-hydrogen) atoms. The van der Waals surface area contributed by atoms with Crippen molar-refractivity contribution in [3.63, 3.8) is 0 Å². The molecule has 0 aromatic heterocycles. The Morgan fingerprint density at radius 2 is 1.51 bits per heavy atom. The van der Waals surface area contributed by atoms with Crippen molar-refractivity contribution in [3.8, 4) is 11.5 Å². The van der Waals surface area contributed by atoms with Gasteiger partial charge in [0.1, 0.15) is 6.61 Å². The minimum Gasteiger partial charge on any atom is -0.493 e. The predicted molar refractivity (Wildman–Crippen MR) is 154 cm³/mol. The third-order valence-corrected chi connectivity index (χ3v) is 7.96. The first-order valence-corrected chi connectivity index (χ1v) is 13.8. The van der Waals surface area contributed by atoms with Crippen molar-refractivity contribution < 1.29 is 23.8 Å². The molecule has 6 heteroatoms. The van der Waals surface area contributed by atoms with E-state index in [0.717, 1.165) is 46.5 Å². The summed E-state index contributed by atoms with van der Waals surface area (Å²) in [5.41, 5.74) is 4.96. The van der Waals surface area contributed by atoms with Crippen LogP contribution in [0.3, 0.4) is 0 Å². The summed E-state index contributed by atoms with van der Waals surface area (Å²) in [6.07, 6.45) is 6.49. The highest BCUT2D eigenvalue weighted by atomic mass is 16.5. The topological polar surface area (TPSA) is 65.1 Å². The van der Waals surface area contributed by atoms with Crippen LogP contribution >= 0.6 is 0 Å². The van der Waals surface area contributed by atoms with Crippen LogP contribution in [-0.4, -0.2) is 50.4 Å². The first-order valence-electron chi connectivity index (χ1n) is 13.8. The molecule has 6 nitrogen and oxygen atoms in total. The van der Waals surface area contributed by atoms with Crippen LogP contribution in [0.25, 0.3) is 0 Å². The molecule has 0 N–H and O–H groups in total. The van der Waals surface area contributed by atoms with Crippen LogP contribution in [0.4, 0.5) is 0 Å². The maximum absolute atomic E-state index is 14.0. The van der Waals surface area contributed by atoms with Gasteiger partial charge in [0.15, 0.2) is 23.1 Å². The summed E-state index contributed by atoms with van der Waals surface area (Å²) in [4.78, 5) is 30.2. The SMILES string of the molecule is C=CCOc1c(CC=C)cc(C2C3=C(CC(C)(C)CC3=O)N(CCOC)C3=C2C(=O)CC(C)(C)C3)cc1OC. The van der Waals surface area contributed by atoms with E-state index in [1.807, 2.05) is 12.1 Å². The fourth-order valence-electron chi connectivity index (χ4n) is 6.45. The quantitative estimate of drug-likeness (QED) is 0.328. The van der Waals surface area contributed by atoms with Crippen LogP contribution in [0, 0.1) is 10.8 Å². The van der Waals surface area contributed by atoms with Crippen molar-refractivity contribution in [1.82, 2.24) is 4.90 Å². The van der Waals surface area contributed by atoms with Crippen molar-refractivity contribution >= 4 is 11.6 Å². The van der Waals surface area contributed by atoms with Gasteiger partial charge in [0, 0.05) is 60.5 Å². The van der Waals surface area contributed by atoms with Gasteiger partial charge >= 0.3 is 0 Å². The van der Waals surface area contributed by atoms with E-state index in [9.17, 15) is 9.59 Å². The Hall–Kier alpha value is -3.12. The predicted octanol–water partition coefficient (Wildman–Crippen LogP) is 6.32. The Morgan fingerprint density at radius 3 is 2.00 bits per heavy atom. The fraction of sp³-hybridized carbons (Fsp3) is 0.515. The summed E-state index contributed by atoms with van der Waals surface area (Å²) < 4.78 is 17.3. The molecule has 2 aliphatic carbocycles. The molecular formula is C33H43NO5. The van der Waals surface area contributed by atoms with Crippen molar-refractivity contribution in [1.29, 1.82) is 0 Å². The van der Waals surface area contributed by atoms with Gasteiger partial charge in [-0.2, -0.15) is 0 Å². The molecule has 1 aromatic rings. The minimum atomic E-state index is -0.452. The lowest BCUT2D eigenvalue weighted by Gasteiger charge is -2.49. The standard InChI is InChI=1S/C33H43NO5/c1-9-11-21-15-22(16-27(38-8)31(21)39-13-10-2)28-29-23(17-32(3,4)19-25(29)35)34(12-14-37-7)24-18-33(5,6)20-26(36)30(24)28/h9-10,15-16,28H,1-2,11-14,17-20H2,3-8H3. The van der Waals surface area contributed by atoms with Crippen molar-refractivity contribution in [2.24, 2.45) is 10.8 Å². The Balaban J connectivity index is 2.01. The number of hydrogen-bond acceptors (Lipinski definition) is 6. The number of methoxy groups -OCH3 is 2. The third-order valence-electron chi connectivity index (χ3n) is 7.96. The van der Waals surface area contributed by atoms with Gasteiger partial charge in [-0.05, 0) is 41.7 Å². The molecule has 1 aliphatic heterocycles. The highest BCUT2D eigenvalue weighted by Gasteiger charge is 2.49. The monoisotopic (exact) mass is 533 g/mol. The van der Waals surface area contributed by atoms with Crippen LogP contribution in [0.5, 0.6) is 11.5 Å². The normalized spacial score (nSPS) is 20.5. The summed E-state index contributed by atoms with van der Waals surface area (Å²) in [5, 5.41) is 0. The number of ketones is 2. The Labute approximate surface area is 233 Å². The number of benzene rings is 1. The molecule has 1 heterocycles. The zero-order chi connectivity index (χ0) is 28.5. The van der Waals surface area contributed by atoms with E-state index in [0.29, 0.717) is 50.5 Å². The summed E-state index contributed by atoms with van der Waals surface area (Å²) >= 11 is 0. The third kappa shape index (κ3) is 5.62. The zero-order valence-electron chi connectivity index (χ0n) is 24.4. The summed E-state index contributed by atoms with van der Waals surface area (Å²) in [6, 6.07) is 4.00. The number of nitrogens with zero attached hydrogens (tertiary/aromatic N) is 1. The van der Waals surface area contributed by atoms with Crippen LogP contribution < -0.4 is 9.47 Å². The molecule has 0 unspecified atom stereocenters. The van der Waals surface area contributed by atoms with Crippen molar-refractivity contribution in [3.05, 3.63) is 71.1 Å². The number of carbonyl (C=O) groups is 2. The molecule has 4 rings (SSSR count). The van der Waals surface area contributed by atoms with Crippen molar-refractivity contribution in [2.75, 3.05) is 34.0 Å². The van der Waals surface area contributed by atoms with Crippen LogP contribution in [-0.2, 0) is 20.7 Å². The summed E-state index contributed by atoms with van der Waals surface area (Å²) in [5.74, 6) is 0.966. The number of hydrogen-bond donors (Lipinski definition) is 0. The number of allylic oxidation sites excluding steroid dienone is 5. The van der Waals surface area contributed by atoms with Gasteiger partial charge in [-0.1, -0.05) is 52.5 Å². The molecule has 0 radical (unpaired) electrons. The van der Waals surface area contributed by atoms with Gasteiger partial charge in [-0.3, -0.25) is 9.59 Å². The zero-order valence-corrected chi connectivity index (χ0v) is 24.4. The fourth-order valence-corrected chi connectivity index (χ4v) is 6.45. The maximum atomic E-state index is 14.0. The summed E-state index contributed by atoms with van der Waals surface area (Å²) in [7, 11) is 3.30. The lowest BCUT2D eigenvalue weighted by molar-refractivity contribution is -0.119. The van der Waals surface area contributed by atoms with Gasteiger partial charge in [0.2, 0.25) is 0 Å². The number of Topliss-reactive ketones (excluding diaryl/α,β-unsaturated/α-hetero) is 2. The Morgan fingerprint density at radius 1 is 0.923 bits per heavy atom. The van der Waals surface area contributed by atoms with Gasteiger partial charge in [0.25, 0.3) is 0 Å². The molecule has 210 valence electrons. The van der Waals surface area contributed by atoms with E-state index >= 15 is 0 Å². The molecular weight excluding hydrogens is 490 g/mol. The Bertz CT molecular complexity index is 1190. The number of rotatable bonds is 10. The average Bonchev–Trinajstić information content (AvgIpc) is 2.84. The largest absolute Gasteiger partial charge is 0.493 e. The molecule has 0 spiro atoms. The van der Waals surface area contributed by atoms with E-state index in [4.69, 9.17) is 14.2 Å². The highest BCUT2D eigenvalue weighted by molar-refractivity contribution is 6.06. The van der Waals surface area contributed by atoms with E-state index < -0.39 is 5.92 Å². The second-order valence-corrected chi connectivity index (χ2v) is 12.5. The second kappa shape index (κ2) is 11.2. The van der Waals surface area contributed by atoms with Crippen LogP contribution in [0.2, 0.25) is 0 Å². The van der Waals surface area contributed by atoms with Crippen molar-refractivity contribution in [2.45, 2.75) is 65.7 Å². The molecule has 0 saturated carbocycles. The van der Waals surface area contributed by atoms with Gasteiger partial charge in [-0.25, -0.2) is 0 Å². The van der Waals surface area contributed by atoms with E-state index in [1.165, 1.54) is 0 Å². The average molecular weight is 534 g/mol. The van der Waals surface area contributed by atoms with Gasteiger partial charge < -0.3 is 19.1 Å². The van der Waals surface area contributed by atoms with Crippen LogP contribution in [0.15, 0.2) is 60.0 Å². The molecule has 1 aromatic carbocycles.